The van der Waals surface area contributed by atoms with E-state index in [2.05, 4.69) is 160 Å². The summed E-state index contributed by atoms with van der Waals surface area (Å²) in [7, 11) is 5.94. The van der Waals surface area contributed by atoms with E-state index in [1.165, 1.54) is 25.7 Å². The maximum Gasteiger partial charge on any atom is 0.361 e. The largest absolute Gasteiger partial charge is 0.477 e. The molecule has 1 N–H and O–H groups in total. The van der Waals surface area contributed by atoms with E-state index in [9.17, 15) is 19.5 Å². The van der Waals surface area contributed by atoms with E-state index in [0.717, 1.165) is 141 Å². The predicted octanol–water partition coefficient (Wildman–Crippen LogP) is 17.6. The third kappa shape index (κ3) is 56.9. The molecule has 428 valence electrons. The molecule has 2 atom stereocenters. The number of carbonyl (C=O) groups is 3. The first-order valence-corrected chi connectivity index (χ1v) is 29.5. The maximum atomic E-state index is 12.8. The summed E-state index contributed by atoms with van der Waals surface area (Å²) in [5.74, 6) is -2.05. The molecule has 0 spiro atoms. The van der Waals surface area contributed by atoms with Gasteiger partial charge in [0.1, 0.15) is 13.2 Å². The first kappa shape index (κ1) is 71.2. The lowest BCUT2D eigenvalue weighted by atomic mass is 10.1. The average molecular weight is 1060 g/mol. The van der Waals surface area contributed by atoms with Gasteiger partial charge in [-0.2, -0.15) is 0 Å². The molecule has 0 aromatic rings. The predicted molar refractivity (Wildman–Crippen MR) is 322 cm³/mol. The van der Waals surface area contributed by atoms with E-state index in [0.29, 0.717) is 17.4 Å². The van der Waals surface area contributed by atoms with Gasteiger partial charge >= 0.3 is 17.9 Å². The van der Waals surface area contributed by atoms with Crippen LogP contribution in [-0.2, 0) is 33.3 Å². The fourth-order valence-electron chi connectivity index (χ4n) is 7.31. The van der Waals surface area contributed by atoms with Gasteiger partial charge in [-0.25, -0.2) is 4.79 Å². The number of unbranched alkanes of at least 4 members (excludes halogenated alkanes) is 13. The van der Waals surface area contributed by atoms with Crippen molar-refractivity contribution < 1.29 is 42.9 Å². The smallest absolute Gasteiger partial charge is 0.361 e. The SMILES string of the molecule is CC/C=C\C/C=C\C/C=C\C/C=C\C/C=C\C/C=C\C/C=C\C/C=C\C/C=C\C/C=C\C/C=C\CCCCCCCCCC(=O)OC(COC(=O)CCCCCCC/C=C\CCC)COC(OCC[N+](C)(C)C)C(=O)O. The number of hydrogen-bond acceptors (Lipinski definition) is 7. The van der Waals surface area contributed by atoms with Crippen LogP contribution >= 0.6 is 0 Å². The Kier molecular flexibility index (Phi) is 52.8. The van der Waals surface area contributed by atoms with E-state index < -0.39 is 24.3 Å². The van der Waals surface area contributed by atoms with Crippen molar-refractivity contribution in [2.75, 3.05) is 47.5 Å². The molecule has 0 fully saturated rings. The Morgan fingerprint density at radius 3 is 1.13 bits per heavy atom. The van der Waals surface area contributed by atoms with Crippen LogP contribution in [0.25, 0.3) is 0 Å². The van der Waals surface area contributed by atoms with Crippen molar-refractivity contribution in [3.63, 3.8) is 0 Å². The topological polar surface area (TPSA) is 108 Å². The Morgan fingerprint density at radius 1 is 0.408 bits per heavy atom. The van der Waals surface area contributed by atoms with Crippen molar-refractivity contribution in [3.8, 4) is 0 Å². The highest BCUT2D eigenvalue weighted by atomic mass is 16.7. The number of esters is 2. The molecule has 76 heavy (non-hydrogen) atoms. The van der Waals surface area contributed by atoms with E-state index in [4.69, 9.17) is 18.9 Å². The van der Waals surface area contributed by atoms with Crippen LogP contribution in [0.2, 0.25) is 0 Å². The molecule has 9 nitrogen and oxygen atoms in total. The van der Waals surface area contributed by atoms with Gasteiger partial charge in [0.15, 0.2) is 6.10 Å². The van der Waals surface area contributed by atoms with E-state index in [1.54, 1.807) is 0 Å². The zero-order chi connectivity index (χ0) is 55.5. The summed E-state index contributed by atoms with van der Waals surface area (Å²) in [5.41, 5.74) is 0. The molecule has 0 saturated carbocycles. The van der Waals surface area contributed by atoms with E-state index in [1.807, 2.05) is 21.1 Å². The van der Waals surface area contributed by atoms with Crippen molar-refractivity contribution in [2.24, 2.45) is 0 Å². The van der Waals surface area contributed by atoms with Crippen LogP contribution in [0.1, 0.15) is 200 Å². The van der Waals surface area contributed by atoms with Gasteiger partial charge in [-0.15, -0.1) is 0 Å². The first-order chi connectivity index (χ1) is 37.1. The van der Waals surface area contributed by atoms with Gasteiger partial charge in [0.25, 0.3) is 6.29 Å². The molecule has 9 heteroatoms. The van der Waals surface area contributed by atoms with Crippen LogP contribution in [0.4, 0.5) is 0 Å². The number of hydrogen-bond donors (Lipinski definition) is 1. The molecule has 0 saturated heterocycles. The highest BCUT2D eigenvalue weighted by Gasteiger charge is 2.25. The van der Waals surface area contributed by atoms with Gasteiger partial charge in [0.2, 0.25) is 0 Å². The fraction of sp³-hybridized carbons (Fsp3) is 0.597. The zero-order valence-corrected chi connectivity index (χ0v) is 48.6. The molecule has 0 aliphatic rings. The molecule has 0 radical (unpaired) electrons. The van der Waals surface area contributed by atoms with Crippen molar-refractivity contribution in [1.29, 1.82) is 0 Å². The Morgan fingerprint density at radius 2 is 0.750 bits per heavy atom. The summed E-state index contributed by atoms with van der Waals surface area (Å²) in [6, 6.07) is 0. The molecule has 2 unspecified atom stereocenters. The van der Waals surface area contributed by atoms with Gasteiger partial charge in [0, 0.05) is 12.8 Å². The molecular weight excluding hydrogens is 947 g/mol. The highest BCUT2D eigenvalue weighted by molar-refractivity contribution is 5.71. The standard InChI is InChI=1S/C67H107NO8/c1-6-8-10-12-14-16-18-19-20-21-22-23-24-25-26-27-28-29-30-31-32-33-34-35-36-37-38-39-40-41-42-43-44-45-46-47-48-50-52-54-56-58-65(70)76-63(62-75-67(66(71)72)73-60-59-68(3,4)5)61-74-64(69)57-55-53-51-49-17-15-13-11-9-7-2/h8,10-11,13-14,16,19-20,22-23,25-26,28-29,31-32,34-35,37-38,40-41,43-44,63,67H,6-7,9,12,15,17-18,21,24,27,30,33,36,39,42,45-62H2,1-5H3/p+1/b10-8-,13-11-,16-14-,20-19-,23-22-,26-25-,29-28-,32-31-,35-34-,38-37-,41-40-,44-43-. The number of carboxylic acid groups (broad SMARTS) is 1. The second-order valence-corrected chi connectivity index (χ2v) is 20.2. The van der Waals surface area contributed by atoms with Gasteiger partial charge < -0.3 is 28.5 Å². The van der Waals surface area contributed by atoms with E-state index in [-0.39, 0.29) is 38.6 Å². The second-order valence-electron chi connectivity index (χ2n) is 20.2. The summed E-state index contributed by atoms with van der Waals surface area (Å²) >= 11 is 0. The minimum atomic E-state index is -1.52. The van der Waals surface area contributed by atoms with Crippen molar-refractivity contribution in [2.45, 2.75) is 212 Å². The lowest BCUT2D eigenvalue weighted by molar-refractivity contribution is -0.870. The van der Waals surface area contributed by atoms with Crippen LogP contribution in [0.5, 0.6) is 0 Å². The summed E-state index contributed by atoms with van der Waals surface area (Å²) in [4.78, 5) is 37.2. The summed E-state index contributed by atoms with van der Waals surface area (Å²) in [6.45, 7) is 4.64. The zero-order valence-electron chi connectivity index (χ0n) is 48.6. The quantitative estimate of drug-likeness (QED) is 0.0211. The number of nitrogens with zero attached hydrogens (tertiary/aromatic N) is 1. The number of quaternary nitrogens is 1. The second kappa shape index (κ2) is 56.4. The van der Waals surface area contributed by atoms with Crippen LogP contribution in [0, 0.1) is 0 Å². The van der Waals surface area contributed by atoms with Crippen LogP contribution in [0.15, 0.2) is 146 Å². The van der Waals surface area contributed by atoms with Gasteiger partial charge in [0.05, 0.1) is 34.4 Å². The number of carboxylic acids is 1. The van der Waals surface area contributed by atoms with Crippen molar-refractivity contribution in [1.82, 2.24) is 0 Å². The molecule has 0 amide bonds. The number of carbonyl (C=O) groups excluding carboxylic acids is 2. The van der Waals surface area contributed by atoms with Crippen LogP contribution in [-0.4, -0.2) is 87.4 Å². The third-order valence-electron chi connectivity index (χ3n) is 11.8. The molecule has 0 bridgehead atoms. The summed E-state index contributed by atoms with van der Waals surface area (Å²) in [5, 5.41) is 9.67. The normalized spacial score (nSPS) is 13.9. The minimum Gasteiger partial charge on any atom is -0.477 e. The molecular formula is C67H108NO8+. The number of ether oxygens (including phenoxy) is 4. The highest BCUT2D eigenvalue weighted by Crippen LogP contribution is 2.13. The first-order valence-electron chi connectivity index (χ1n) is 29.5. The Bertz CT molecular complexity index is 1750. The Hall–Kier alpha value is -4.83. The Labute approximate surface area is 464 Å². The third-order valence-corrected chi connectivity index (χ3v) is 11.8. The number of rotatable bonds is 52. The Balaban J connectivity index is 4.15. The molecule has 0 heterocycles. The number of aliphatic carboxylic acids is 1. The minimum absolute atomic E-state index is 0.177. The van der Waals surface area contributed by atoms with Crippen molar-refractivity contribution >= 4 is 17.9 Å². The monoisotopic (exact) mass is 1050 g/mol. The van der Waals surface area contributed by atoms with Gasteiger partial charge in [-0.1, -0.05) is 217 Å². The maximum absolute atomic E-state index is 12.8. The van der Waals surface area contributed by atoms with Gasteiger partial charge in [-0.3, -0.25) is 9.59 Å². The van der Waals surface area contributed by atoms with E-state index >= 15 is 0 Å². The molecule has 0 aliphatic heterocycles. The molecule has 0 aromatic carbocycles. The van der Waals surface area contributed by atoms with Crippen molar-refractivity contribution in [3.05, 3.63) is 146 Å². The number of allylic oxidation sites excluding steroid dienone is 24. The molecule has 0 rings (SSSR count). The summed E-state index contributed by atoms with van der Waals surface area (Å²) < 4.78 is 22.7. The fourth-order valence-corrected chi connectivity index (χ4v) is 7.31. The average Bonchev–Trinajstić information content (AvgIpc) is 3.39. The molecule has 0 aromatic heterocycles. The molecule has 0 aliphatic carbocycles. The van der Waals surface area contributed by atoms with Gasteiger partial charge in [-0.05, 0) is 116 Å². The lowest BCUT2D eigenvalue weighted by Gasteiger charge is -2.25. The van der Waals surface area contributed by atoms with Crippen LogP contribution < -0.4 is 0 Å². The van der Waals surface area contributed by atoms with Crippen LogP contribution in [0.3, 0.4) is 0 Å². The summed E-state index contributed by atoms with van der Waals surface area (Å²) in [6.07, 6.45) is 79.5. The number of likely N-dealkylation sites (N-methyl/N-ethyl adjacent to an activating group) is 1. The lowest BCUT2D eigenvalue weighted by Crippen LogP contribution is -2.40.